The molecule has 0 saturated carbocycles. The van der Waals surface area contributed by atoms with Crippen LogP contribution in [-0.4, -0.2) is 29.8 Å². The topological polar surface area (TPSA) is 49.4 Å². The Morgan fingerprint density at radius 2 is 2.00 bits per heavy atom. The van der Waals surface area contributed by atoms with Gasteiger partial charge in [-0.1, -0.05) is 41.4 Å². The first-order valence-corrected chi connectivity index (χ1v) is 8.72. The van der Waals surface area contributed by atoms with Crippen LogP contribution in [-0.2, 0) is 9.59 Å². The van der Waals surface area contributed by atoms with E-state index >= 15 is 0 Å². The molecular weight excluding hydrogens is 344 g/mol. The molecule has 5 heteroatoms. The third-order valence-electron chi connectivity index (χ3n) is 4.02. The van der Waals surface area contributed by atoms with Crippen LogP contribution in [0.5, 0.6) is 0 Å². The zero-order valence-electron chi connectivity index (χ0n) is 13.0. The van der Waals surface area contributed by atoms with Crippen LogP contribution in [0.15, 0.2) is 28.7 Å². The zero-order chi connectivity index (χ0) is 15.9. The first kappa shape index (κ1) is 17.0. The number of rotatable bonds is 5. The van der Waals surface area contributed by atoms with Crippen molar-refractivity contribution in [2.45, 2.75) is 45.1 Å². The lowest BCUT2D eigenvalue weighted by molar-refractivity contribution is -0.135. The van der Waals surface area contributed by atoms with E-state index in [-0.39, 0.29) is 24.4 Å². The molecule has 1 N–H and O–H groups in total. The minimum atomic E-state index is -0.0787. The van der Waals surface area contributed by atoms with Crippen molar-refractivity contribution in [3.63, 3.8) is 0 Å². The molecule has 1 atom stereocenters. The molecule has 0 aliphatic carbocycles. The molecule has 1 aliphatic rings. The third-order valence-corrected chi connectivity index (χ3v) is 4.55. The number of hydrogen-bond acceptors (Lipinski definition) is 2. The molecule has 1 saturated heterocycles. The lowest BCUT2D eigenvalue weighted by Crippen LogP contribution is -2.41. The second kappa shape index (κ2) is 8.32. The number of nitrogens with one attached hydrogen (secondary N) is 1. The number of nitrogens with zero attached hydrogens (tertiary/aromatic N) is 1. The summed E-state index contributed by atoms with van der Waals surface area (Å²) in [6.45, 7) is 2.91. The Bertz CT molecular complexity index is 516. The predicted molar refractivity (Wildman–Crippen MR) is 90.4 cm³/mol. The number of hydrogen-bond donors (Lipinski definition) is 1. The van der Waals surface area contributed by atoms with E-state index in [1.165, 1.54) is 0 Å². The maximum Gasteiger partial charge on any atom is 0.240 e. The van der Waals surface area contributed by atoms with Crippen LogP contribution in [0, 0.1) is 0 Å². The molecule has 4 nitrogen and oxygen atoms in total. The Morgan fingerprint density at radius 1 is 1.27 bits per heavy atom. The molecular formula is C17H23BrN2O2. The number of amides is 2. The number of carbonyl (C=O) groups excluding carboxylic acids is 2. The lowest BCUT2D eigenvalue weighted by Gasteiger charge is -2.23. The first-order valence-electron chi connectivity index (χ1n) is 7.92. The molecule has 0 aromatic heterocycles. The van der Waals surface area contributed by atoms with Gasteiger partial charge in [0.15, 0.2) is 0 Å². The van der Waals surface area contributed by atoms with Crippen LogP contribution in [0.4, 0.5) is 0 Å². The maximum absolute atomic E-state index is 12.3. The maximum atomic E-state index is 12.3. The zero-order valence-corrected chi connectivity index (χ0v) is 14.6. The average Bonchev–Trinajstić information content (AvgIpc) is 2.71. The lowest BCUT2D eigenvalue weighted by atomic mass is 10.0. The van der Waals surface area contributed by atoms with Gasteiger partial charge in [-0.3, -0.25) is 9.59 Å². The van der Waals surface area contributed by atoms with Crippen molar-refractivity contribution >= 4 is 27.7 Å². The van der Waals surface area contributed by atoms with E-state index < -0.39 is 0 Å². The molecule has 0 radical (unpaired) electrons. The highest BCUT2D eigenvalue weighted by Crippen LogP contribution is 2.19. The van der Waals surface area contributed by atoms with Crippen molar-refractivity contribution in [2.24, 2.45) is 0 Å². The van der Waals surface area contributed by atoms with E-state index in [0.717, 1.165) is 35.7 Å². The molecule has 0 spiro atoms. The molecule has 1 unspecified atom stereocenters. The highest BCUT2D eigenvalue weighted by Gasteiger charge is 2.20. The SMILES string of the molecule is CCC(NC(=O)CN1CCCCCC1=O)c1ccc(Br)cc1. The first-order chi connectivity index (χ1) is 10.6. The van der Waals surface area contributed by atoms with E-state index in [1.807, 2.05) is 31.2 Å². The van der Waals surface area contributed by atoms with E-state index in [1.54, 1.807) is 4.90 Å². The van der Waals surface area contributed by atoms with Gasteiger partial charge in [-0.2, -0.15) is 0 Å². The quantitative estimate of drug-likeness (QED) is 0.867. The molecule has 1 aromatic rings. The van der Waals surface area contributed by atoms with Crippen LogP contribution < -0.4 is 5.32 Å². The molecule has 1 aromatic carbocycles. The molecule has 2 rings (SSSR count). The van der Waals surface area contributed by atoms with Crippen LogP contribution in [0.1, 0.15) is 50.6 Å². The monoisotopic (exact) mass is 366 g/mol. The Kier molecular flexibility index (Phi) is 6.43. The van der Waals surface area contributed by atoms with Gasteiger partial charge in [0, 0.05) is 17.4 Å². The van der Waals surface area contributed by atoms with Crippen molar-refractivity contribution in [2.75, 3.05) is 13.1 Å². The molecule has 1 heterocycles. The molecule has 2 amide bonds. The summed E-state index contributed by atoms with van der Waals surface area (Å²) >= 11 is 3.42. The van der Waals surface area contributed by atoms with Gasteiger partial charge < -0.3 is 10.2 Å². The molecule has 1 fully saturated rings. The standard InChI is InChI=1S/C17H23BrN2O2/c1-2-15(13-7-9-14(18)10-8-13)19-16(21)12-20-11-5-3-4-6-17(20)22/h7-10,15H,2-6,11-12H2,1H3,(H,19,21). The summed E-state index contributed by atoms with van der Waals surface area (Å²) in [7, 11) is 0. The van der Waals surface area contributed by atoms with Crippen LogP contribution >= 0.6 is 15.9 Å². The molecule has 22 heavy (non-hydrogen) atoms. The Morgan fingerprint density at radius 3 is 2.68 bits per heavy atom. The fourth-order valence-electron chi connectivity index (χ4n) is 2.74. The van der Waals surface area contributed by atoms with Gasteiger partial charge in [-0.15, -0.1) is 0 Å². The van der Waals surface area contributed by atoms with Crippen molar-refractivity contribution in [1.29, 1.82) is 0 Å². The van der Waals surface area contributed by atoms with Crippen molar-refractivity contribution in [1.82, 2.24) is 10.2 Å². The summed E-state index contributed by atoms with van der Waals surface area (Å²) in [6, 6.07) is 7.96. The van der Waals surface area contributed by atoms with E-state index in [9.17, 15) is 9.59 Å². The largest absolute Gasteiger partial charge is 0.348 e. The van der Waals surface area contributed by atoms with Crippen LogP contribution in [0.25, 0.3) is 0 Å². The Balaban J connectivity index is 1.94. The normalized spacial score (nSPS) is 17.0. The fourth-order valence-corrected chi connectivity index (χ4v) is 3.00. The van der Waals surface area contributed by atoms with Crippen molar-refractivity contribution < 1.29 is 9.59 Å². The summed E-state index contributed by atoms with van der Waals surface area (Å²) in [5.41, 5.74) is 1.08. The van der Waals surface area contributed by atoms with E-state index in [4.69, 9.17) is 0 Å². The summed E-state index contributed by atoms with van der Waals surface area (Å²) in [5, 5.41) is 3.04. The Hall–Kier alpha value is -1.36. The second-order valence-electron chi connectivity index (χ2n) is 5.71. The highest BCUT2D eigenvalue weighted by molar-refractivity contribution is 9.10. The van der Waals surface area contributed by atoms with Gasteiger partial charge in [-0.05, 0) is 37.0 Å². The van der Waals surface area contributed by atoms with Gasteiger partial charge in [0.1, 0.15) is 0 Å². The number of carbonyl (C=O) groups is 2. The highest BCUT2D eigenvalue weighted by atomic mass is 79.9. The second-order valence-corrected chi connectivity index (χ2v) is 6.62. The molecule has 1 aliphatic heterocycles. The van der Waals surface area contributed by atoms with Crippen LogP contribution in [0.3, 0.4) is 0 Å². The van der Waals surface area contributed by atoms with Gasteiger partial charge in [0.05, 0.1) is 12.6 Å². The summed E-state index contributed by atoms with van der Waals surface area (Å²) < 4.78 is 1.02. The fraction of sp³-hybridized carbons (Fsp3) is 0.529. The number of halogens is 1. The summed E-state index contributed by atoms with van der Waals surface area (Å²) in [4.78, 5) is 25.9. The minimum absolute atomic E-state index is 0.0114. The third kappa shape index (κ3) is 4.83. The average molecular weight is 367 g/mol. The van der Waals surface area contributed by atoms with Crippen LogP contribution in [0.2, 0.25) is 0 Å². The van der Waals surface area contributed by atoms with Gasteiger partial charge in [0.2, 0.25) is 11.8 Å². The van der Waals surface area contributed by atoms with Crippen molar-refractivity contribution in [3.05, 3.63) is 34.3 Å². The molecule has 120 valence electrons. The number of benzene rings is 1. The predicted octanol–water partition coefficient (Wildman–Crippen LogP) is 3.42. The molecule has 0 bridgehead atoms. The Labute approximate surface area is 140 Å². The summed E-state index contributed by atoms with van der Waals surface area (Å²) in [5.74, 6) is 0.0226. The number of likely N-dealkylation sites (tertiary alicyclic amines) is 1. The minimum Gasteiger partial charge on any atom is -0.348 e. The van der Waals surface area contributed by atoms with E-state index in [0.29, 0.717) is 13.0 Å². The van der Waals surface area contributed by atoms with Gasteiger partial charge in [0.25, 0.3) is 0 Å². The van der Waals surface area contributed by atoms with Gasteiger partial charge >= 0.3 is 0 Å². The summed E-state index contributed by atoms with van der Waals surface area (Å²) in [6.07, 6.45) is 4.38. The van der Waals surface area contributed by atoms with Crippen molar-refractivity contribution in [3.8, 4) is 0 Å². The smallest absolute Gasteiger partial charge is 0.240 e. The van der Waals surface area contributed by atoms with Gasteiger partial charge in [-0.25, -0.2) is 0 Å². The van der Waals surface area contributed by atoms with E-state index in [2.05, 4.69) is 21.2 Å².